The predicted molar refractivity (Wildman–Crippen MR) is 141 cm³/mol. The third-order valence-electron chi connectivity index (χ3n) is 5.43. The van der Waals surface area contributed by atoms with Crippen molar-refractivity contribution in [1.29, 1.82) is 0 Å². The number of sulfonamides is 1. The van der Waals surface area contributed by atoms with E-state index in [2.05, 4.69) is 5.32 Å². The number of anilines is 1. The van der Waals surface area contributed by atoms with Crippen LogP contribution in [0.4, 0.5) is 5.69 Å². The summed E-state index contributed by atoms with van der Waals surface area (Å²) >= 11 is 0. The van der Waals surface area contributed by atoms with Gasteiger partial charge in [0.1, 0.15) is 24.1 Å². The molecular formula is C26H37N3O6S. The molecule has 2 rings (SSSR count). The Kier molecular flexibility index (Phi) is 9.75. The van der Waals surface area contributed by atoms with Crippen molar-refractivity contribution in [3.8, 4) is 11.5 Å². The summed E-state index contributed by atoms with van der Waals surface area (Å²) in [6, 6.07) is 12.9. The summed E-state index contributed by atoms with van der Waals surface area (Å²) in [5.41, 5.74) is 0.511. The van der Waals surface area contributed by atoms with E-state index < -0.39 is 34.1 Å². The lowest BCUT2D eigenvalue weighted by molar-refractivity contribution is -0.141. The van der Waals surface area contributed by atoms with E-state index in [0.717, 1.165) is 16.1 Å². The number of nitrogens with one attached hydrogen (secondary N) is 1. The number of hydrogen-bond donors (Lipinski definition) is 1. The first-order valence-electron chi connectivity index (χ1n) is 11.7. The van der Waals surface area contributed by atoms with Gasteiger partial charge < -0.3 is 19.7 Å². The Morgan fingerprint density at radius 1 is 1.00 bits per heavy atom. The second kappa shape index (κ2) is 12.1. The van der Waals surface area contributed by atoms with Crippen molar-refractivity contribution in [2.24, 2.45) is 0 Å². The van der Waals surface area contributed by atoms with E-state index in [-0.39, 0.29) is 18.1 Å². The molecule has 0 fully saturated rings. The van der Waals surface area contributed by atoms with Gasteiger partial charge in [-0.05, 0) is 57.0 Å². The van der Waals surface area contributed by atoms with Crippen molar-refractivity contribution in [1.82, 2.24) is 10.2 Å². The second-order valence-corrected chi connectivity index (χ2v) is 11.4. The molecular weight excluding hydrogens is 482 g/mol. The van der Waals surface area contributed by atoms with Gasteiger partial charge in [-0.3, -0.25) is 13.9 Å². The zero-order valence-electron chi connectivity index (χ0n) is 22.1. The highest BCUT2D eigenvalue weighted by molar-refractivity contribution is 7.92. The average Bonchev–Trinajstić information content (AvgIpc) is 2.80. The highest BCUT2D eigenvalue weighted by Gasteiger charge is 2.33. The molecule has 2 amide bonds. The summed E-state index contributed by atoms with van der Waals surface area (Å²) in [4.78, 5) is 28.4. The third kappa shape index (κ3) is 7.87. The van der Waals surface area contributed by atoms with Crippen LogP contribution < -0.4 is 19.1 Å². The van der Waals surface area contributed by atoms with Gasteiger partial charge in [-0.2, -0.15) is 0 Å². The smallest absolute Gasteiger partial charge is 0.244 e. The van der Waals surface area contributed by atoms with Gasteiger partial charge >= 0.3 is 0 Å². The molecule has 2 aromatic carbocycles. The minimum Gasteiger partial charge on any atom is -0.497 e. The summed E-state index contributed by atoms with van der Waals surface area (Å²) in [6.45, 7) is 7.02. The Balaban J connectivity index is 2.49. The lowest BCUT2D eigenvalue weighted by Gasteiger charge is -2.34. The second-order valence-electron chi connectivity index (χ2n) is 9.47. The lowest BCUT2D eigenvalue weighted by Crippen LogP contribution is -2.55. The number of methoxy groups -OCH3 is 2. The largest absolute Gasteiger partial charge is 0.497 e. The van der Waals surface area contributed by atoms with Gasteiger partial charge in [0.15, 0.2) is 0 Å². The van der Waals surface area contributed by atoms with Gasteiger partial charge in [0.05, 0.1) is 26.2 Å². The molecule has 10 heteroatoms. The van der Waals surface area contributed by atoms with Gasteiger partial charge in [-0.1, -0.05) is 31.2 Å². The van der Waals surface area contributed by atoms with Crippen LogP contribution in [0.2, 0.25) is 0 Å². The van der Waals surface area contributed by atoms with Gasteiger partial charge in [-0.15, -0.1) is 0 Å². The zero-order chi connectivity index (χ0) is 27.1. The van der Waals surface area contributed by atoms with E-state index >= 15 is 0 Å². The van der Waals surface area contributed by atoms with E-state index in [1.54, 1.807) is 43.5 Å². The SMILES string of the molecule is CCC(C(=O)NC(C)(C)C)N(Cc1ccc(OC)cc1)C(=O)CN(c1ccccc1OC)S(C)(=O)=O. The Bertz CT molecular complexity index is 1140. The third-order valence-corrected chi connectivity index (χ3v) is 6.56. The number of para-hydroxylation sites is 2. The predicted octanol–water partition coefficient (Wildman–Crippen LogP) is 3.19. The van der Waals surface area contributed by atoms with E-state index in [0.29, 0.717) is 17.9 Å². The number of ether oxygens (including phenoxy) is 2. The average molecular weight is 520 g/mol. The Morgan fingerprint density at radius 2 is 1.61 bits per heavy atom. The minimum atomic E-state index is -3.85. The Hall–Kier alpha value is -3.27. The number of amides is 2. The fraction of sp³-hybridized carbons (Fsp3) is 0.462. The van der Waals surface area contributed by atoms with Crippen LogP contribution in [-0.2, 0) is 26.2 Å². The number of carbonyl (C=O) groups is 2. The molecule has 9 nitrogen and oxygen atoms in total. The van der Waals surface area contributed by atoms with Crippen LogP contribution >= 0.6 is 0 Å². The first kappa shape index (κ1) is 29.0. The molecule has 1 unspecified atom stereocenters. The maximum atomic E-state index is 13.7. The van der Waals surface area contributed by atoms with Crippen LogP contribution in [0.15, 0.2) is 48.5 Å². The number of benzene rings is 2. The van der Waals surface area contributed by atoms with Crippen LogP contribution in [0, 0.1) is 0 Å². The highest BCUT2D eigenvalue weighted by Crippen LogP contribution is 2.30. The summed E-state index contributed by atoms with van der Waals surface area (Å²) < 4.78 is 37.1. The first-order chi connectivity index (χ1) is 16.8. The van der Waals surface area contributed by atoms with E-state index in [4.69, 9.17) is 9.47 Å². The summed E-state index contributed by atoms with van der Waals surface area (Å²) in [7, 11) is -0.860. The molecule has 0 radical (unpaired) electrons. The molecule has 0 bridgehead atoms. The van der Waals surface area contributed by atoms with Gasteiger partial charge in [0, 0.05) is 12.1 Å². The van der Waals surface area contributed by atoms with E-state index in [9.17, 15) is 18.0 Å². The molecule has 198 valence electrons. The van der Waals surface area contributed by atoms with Crippen LogP contribution in [0.1, 0.15) is 39.7 Å². The minimum absolute atomic E-state index is 0.114. The topological polar surface area (TPSA) is 105 Å². The quantitative estimate of drug-likeness (QED) is 0.489. The van der Waals surface area contributed by atoms with Crippen molar-refractivity contribution in [2.75, 3.05) is 31.3 Å². The van der Waals surface area contributed by atoms with Crippen LogP contribution in [0.25, 0.3) is 0 Å². The highest BCUT2D eigenvalue weighted by atomic mass is 32.2. The molecule has 0 saturated heterocycles. The van der Waals surface area contributed by atoms with Crippen LogP contribution in [0.5, 0.6) is 11.5 Å². The van der Waals surface area contributed by atoms with Crippen molar-refractivity contribution in [3.63, 3.8) is 0 Å². The summed E-state index contributed by atoms with van der Waals surface area (Å²) in [6.07, 6.45) is 1.38. The molecule has 2 aromatic rings. The van der Waals surface area contributed by atoms with Crippen molar-refractivity contribution < 1.29 is 27.5 Å². The molecule has 0 aromatic heterocycles. The van der Waals surface area contributed by atoms with Crippen LogP contribution in [-0.4, -0.2) is 63.7 Å². The van der Waals surface area contributed by atoms with E-state index in [1.807, 2.05) is 39.8 Å². The zero-order valence-corrected chi connectivity index (χ0v) is 22.9. The summed E-state index contributed by atoms with van der Waals surface area (Å²) in [5.74, 6) is 0.150. The Morgan fingerprint density at radius 3 is 2.11 bits per heavy atom. The molecule has 1 atom stereocenters. The van der Waals surface area contributed by atoms with Gasteiger partial charge in [-0.25, -0.2) is 8.42 Å². The Labute approximate surface area is 214 Å². The fourth-order valence-corrected chi connectivity index (χ4v) is 4.58. The monoisotopic (exact) mass is 519 g/mol. The maximum absolute atomic E-state index is 13.7. The lowest BCUT2D eigenvalue weighted by atomic mass is 10.1. The molecule has 0 aliphatic heterocycles. The molecule has 0 aliphatic rings. The van der Waals surface area contributed by atoms with Crippen LogP contribution in [0.3, 0.4) is 0 Å². The van der Waals surface area contributed by atoms with Gasteiger partial charge in [0.25, 0.3) is 0 Å². The molecule has 0 heterocycles. The fourth-order valence-electron chi connectivity index (χ4n) is 3.73. The molecule has 36 heavy (non-hydrogen) atoms. The molecule has 0 aliphatic carbocycles. The van der Waals surface area contributed by atoms with Gasteiger partial charge in [0.2, 0.25) is 21.8 Å². The van der Waals surface area contributed by atoms with Crippen molar-refractivity contribution in [2.45, 2.75) is 52.2 Å². The normalized spacial score (nSPS) is 12.4. The van der Waals surface area contributed by atoms with E-state index in [1.165, 1.54) is 12.0 Å². The van der Waals surface area contributed by atoms with Crippen molar-refractivity contribution >= 4 is 27.5 Å². The molecule has 1 N–H and O–H groups in total. The molecule has 0 saturated carbocycles. The standard InChI is InChI=1S/C26H37N3O6S/c1-8-21(25(31)27-26(2,3)4)28(17-19-13-15-20(34-5)16-14-19)24(30)18-29(36(7,32)33)22-11-9-10-12-23(22)35-6/h9-16,21H,8,17-18H2,1-7H3,(H,27,31). The number of hydrogen-bond acceptors (Lipinski definition) is 6. The maximum Gasteiger partial charge on any atom is 0.244 e. The summed E-state index contributed by atoms with van der Waals surface area (Å²) in [5, 5.41) is 2.94. The number of rotatable bonds is 11. The number of carbonyl (C=O) groups excluding carboxylic acids is 2. The van der Waals surface area contributed by atoms with Crippen molar-refractivity contribution in [3.05, 3.63) is 54.1 Å². The first-order valence-corrected chi connectivity index (χ1v) is 13.5. The number of nitrogens with zero attached hydrogens (tertiary/aromatic N) is 2. The molecule has 0 spiro atoms.